The lowest BCUT2D eigenvalue weighted by molar-refractivity contribution is -0.0421. The Bertz CT molecular complexity index is 579. The van der Waals surface area contributed by atoms with Crippen molar-refractivity contribution in [2.45, 2.75) is 19.1 Å². The van der Waals surface area contributed by atoms with Gasteiger partial charge in [0.25, 0.3) is 5.56 Å². The van der Waals surface area contributed by atoms with Gasteiger partial charge in [-0.15, -0.1) is 0 Å². The Morgan fingerprint density at radius 2 is 2.16 bits per heavy atom. The van der Waals surface area contributed by atoms with E-state index in [-0.39, 0.29) is 30.3 Å². The molecule has 19 heavy (non-hydrogen) atoms. The van der Waals surface area contributed by atoms with Gasteiger partial charge in [0, 0.05) is 20.1 Å². The molecular formula is C11H18N4O4. The number of ether oxygens (including phenoxy) is 1. The molecule has 0 radical (unpaired) electrons. The van der Waals surface area contributed by atoms with Crippen molar-refractivity contribution >= 4 is 11.5 Å². The molecule has 0 amide bonds. The average molecular weight is 270 g/mol. The first-order valence-electron chi connectivity index (χ1n) is 6.04. The number of aromatic nitrogens is 2. The molecule has 2 atom stereocenters. The average Bonchev–Trinajstić information content (AvgIpc) is 2.35. The number of nitrogens with two attached hydrogens (primary N) is 1. The number of morpholine rings is 1. The second kappa shape index (κ2) is 5.06. The SMILES string of the molecule is CC1CN(c2c(N)n(C)c(=O)[nH]c2=O)CC(CO)O1. The van der Waals surface area contributed by atoms with Crippen LogP contribution >= 0.6 is 0 Å². The minimum absolute atomic E-state index is 0.111. The Kier molecular flexibility index (Phi) is 3.63. The maximum Gasteiger partial charge on any atom is 0.329 e. The van der Waals surface area contributed by atoms with E-state index in [2.05, 4.69) is 4.98 Å². The van der Waals surface area contributed by atoms with Gasteiger partial charge in [-0.3, -0.25) is 14.3 Å². The van der Waals surface area contributed by atoms with E-state index >= 15 is 0 Å². The number of aromatic amines is 1. The van der Waals surface area contributed by atoms with Gasteiger partial charge in [0.2, 0.25) is 0 Å². The van der Waals surface area contributed by atoms with Crippen molar-refractivity contribution in [2.24, 2.45) is 7.05 Å². The normalized spacial score (nSPS) is 23.6. The van der Waals surface area contributed by atoms with Crippen molar-refractivity contribution in [1.29, 1.82) is 0 Å². The molecule has 1 aliphatic heterocycles. The second-order valence-electron chi connectivity index (χ2n) is 4.71. The van der Waals surface area contributed by atoms with E-state index in [1.165, 1.54) is 11.6 Å². The van der Waals surface area contributed by atoms with Gasteiger partial charge in [0.05, 0.1) is 18.8 Å². The van der Waals surface area contributed by atoms with E-state index in [1.54, 1.807) is 4.90 Å². The quantitative estimate of drug-likeness (QED) is 0.587. The van der Waals surface area contributed by atoms with Crippen molar-refractivity contribution in [1.82, 2.24) is 9.55 Å². The highest BCUT2D eigenvalue weighted by molar-refractivity contribution is 5.62. The molecule has 2 heterocycles. The maximum absolute atomic E-state index is 11.9. The van der Waals surface area contributed by atoms with Gasteiger partial charge in [-0.25, -0.2) is 4.79 Å². The Morgan fingerprint density at radius 1 is 1.47 bits per heavy atom. The van der Waals surface area contributed by atoms with E-state index in [9.17, 15) is 14.7 Å². The highest BCUT2D eigenvalue weighted by Gasteiger charge is 2.28. The van der Waals surface area contributed by atoms with Crippen LogP contribution in [0.3, 0.4) is 0 Å². The molecule has 1 saturated heterocycles. The van der Waals surface area contributed by atoms with Crippen molar-refractivity contribution in [3.8, 4) is 0 Å². The first kappa shape index (κ1) is 13.6. The molecule has 1 aliphatic rings. The highest BCUT2D eigenvalue weighted by atomic mass is 16.5. The van der Waals surface area contributed by atoms with Crippen LogP contribution in [0.15, 0.2) is 9.59 Å². The van der Waals surface area contributed by atoms with Gasteiger partial charge in [0.15, 0.2) is 0 Å². The third-order valence-corrected chi connectivity index (χ3v) is 3.19. The molecule has 8 nitrogen and oxygen atoms in total. The summed E-state index contributed by atoms with van der Waals surface area (Å²) in [6, 6.07) is 0. The third-order valence-electron chi connectivity index (χ3n) is 3.19. The molecule has 2 unspecified atom stereocenters. The van der Waals surface area contributed by atoms with Gasteiger partial charge in [-0.1, -0.05) is 0 Å². The molecule has 106 valence electrons. The fourth-order valence-electron chi connectivity index (χ4n) is 2.26. The van der Waals surface area contributed by atoms with E-state index in [0.717, 1.165) is 0 Å². The molecular weight excluding hydrogens is 252 g/mol. The summed E-state index contributed by atoms with van der Waals surface area (Å²) in [5.41, 5.74) is 5.02. The smallest absolute Gasteiger partial charge is 0.329 e. The van der Waals surface area contributed by atoms with Gasteiger partial charge < -0.3 is 20.5 Å². The molecule has 0 aliphatic carbocycles. The number of nitrogens with one attached hydrogen (secondary N) is 1. The van der Waals surface area contributed by atoms with Crippen LogP contribution < -0.4 is 21.9 Å². The fourth-order valence-corrected chi connectivity index (χ4v) is 2.26. The largest absolute Gasteiger partial charge is 0.394 e. The van der Waals surface area contributed by atoms with Crippen LogP contribution in [-0.2, 0) is 11.8 Å². The summed E-state index contributed by atoms with van der Waals surface area (Å²) in [6.45, 7) is 2.54. The van der Waals surface area contributed by atoms with Crippen molar-refractivity contribution in [2.75, 3.05) is 30.3 Å². The van der Waals surface area contributed by atoms with E-state index < -0.39 is 11.2 Å². The Morgan fingerprint density at radius 3 is 2.79 bits per heavy atom. The van der Waals surface area contributed by atoms with E-state index in [4.69, 9.17) is 10.5 Å². The van der Waals surface area contributed by atoms with Crippen molar-refractivity contribution in [3.05, 3.63) is 20.8 Å². The maximum atomic E-state index is 11.9. The molecule has 0 spiro atoms. The molecule has 8 heteroatoms. The zero-order valence-electron chi connectivity index (χ0n) is 10.9. The number of hydrogen-bond acceptors (Lipinski definition) is 6. The molecule has 1 aromatic heterocycles. The lowest BCUT2D eigenvalue weighted by Gasteiger charge is -2.37. The van der Waals surface area contributed by atoms with E-state index in [0.29, 0.717) is 13.1 Å². The summed E-state index contributed by atoms with van der Waals surface area (Å²) in [4.78, 5) is 27.3. The highest BCUT2D eigenvalue weighted by Crippen LogP contribution is 2.20. The van der Waals surface area contributed by atoms with Crippen molar-refractivity contribution in [3.63, 3.8) is 0 Å². The minimum Gasteiger partial charge on any atom is -0.394 e. The third kappa shape index (κ3) is 2.49. The van der Waals surface area contributed by atoms with Gasteiger partial charge in [-0.2, -0.15) is 0 Å². The minimum atomic E-state index is -0.550. The predicted molar refractivity (Wildman–Crippen MR) is 70.3 cm³/mol. The molecule has 4 N–H and O–H groups in total. The predicted octanol–water partition coefficient (Wildman–Crippen LogP) is -1.76. The first-order chi connectivity index (χ1) is 8.93. The first-order valence-corrected chi connectivity index (χ1v) is 6.04. The zero-order valence-corrected chi connectivity index (χ0v) is 10.9. The van der Waals surface area contributed by atoms with Crippen molar-refractivity contribution < 1.29 is 9.84 Å². The van der Waals surface area contributed by atoms with Crippen LogP contribution in [-0.4, -0.2) is 46.6 Å². The number of nitrogens with zero attached hydrogens (tertiary/aromatic N) is 2. The van der Waals surface area contributed by atoms with Crippen LogP contribution in [0, 0.1) is 0 Å². The summed E-state index contributed by atoms with van der Waals surface area (Å²) >= 11 is 0. The lowest BCUT2D eigenvalue weighted by atomic mass is 10.2. The van der Waals surface area contributed by atoms with Crippen LogP contribution in [0.2, 0.25) is 0 Å². The number of anilines is 2. The summed E-state index contributed by atoms with van der Waals surface area (Å²) < 4.78 is 6.69. The topological polar surface area (TPSA) is 114 Å². The monoisotopic (exact) mass is 270 g/mol. The van der Waals surface area contributed by atoms with E-state index in [1.807, 2.05) is 6.92 Å². The Balaban J connectivity index is 2.44. The molecule has 0 bridgehead atoms. The van der Waals surface area contributed by atoms with Gasteiger partial charge >= 0.3 is 5.69 Å². The van der Waals surface area contributed by atoms with Gasteiger partial charge in [-0.05, 0) is 6.92 Å². The number of nitrogen functional groups attached to an aromatic ring is 1. The number of aliphatic hydroxyl groups excluding tert-OH is 1. The summed E-state index contributed by atoms with van der Waals surface area (Å²) in [6.07, 6.45) is -0.512. The molecule has 1 fully saturated rings. The van der Waals surface area contributed by atoms with Crippen LogP contribution in [0.5, 0.6) is 0 Å². The number of rotatable bonds is 2. The molecule has 1 aromatic rings. The van der Waals surface area contributed by atoms with Crippen LogP contribution in [0.25, 0.3) is 0 Å². The number of H-pyrrole nitrogens is 1. The number of aliphatic hydroxyl groups is 1. The molecule has 2 rings (SSSR count). The van der Waals surface area contributed by atoms with Gasteiger partial charge in [0.1, 0.15) is 11.5 Å². The van der Waals surface area contributed by atoms with Crippen LogP contribution in [0.4, 0.5) is 11.5 Å². The summed E-state index contributed by atoms with van der Waals surface area (Å²) in [5, 5.41) is 9.19. The number of hydrogen-bond donors (Lipinski definition) is 3. The summed E-state index contributed by atoms with van der Waals surface area (Å²) in [5.74, 6) is 0.111. The lowest BCUT2D eigenvalue weighted by Crippen LogP contribution is -2.50. The van der Waals surface area contributed by atoms with Crippen LogP contribution in [0.1, 0.15) is 6.92 Å². The Hall–Kier alpha value is -1.80. The fraction of sp³-hybridized carbons (Fsp3) is 0.636. The molecule has 0 aromatic carbocycles. The summed E-state index contributed by atoms with van der Waals surface area (Å²) in [7, 11) is 1.49. The zero-order chi connectivity index (χ0) is 14.2. The second-order valence-corrected chi connectivity index (χ2v) is 4.71. The standard InChI is InChI=1S/C11H18N4O4/c1-6-3-15(4-7(5-16)19-6)8-9(12)14(2)11(18)13-10(8)17/h6-7,16H,3-5,12H2,1-2H3,(H,13,17,18). The molecule has 0 saturated carbocycles. The Labute approximate surface area is 109 Å².